The van der Waals surface area contributed by atoms with Crippen LogP contribution in [0.4, 0.5) is 5.69 Å². The van der Waals surface area contributed by atoms with E-state index in [0.717, 1.165) is 11.4 Å². The summed E-state index contributed by atoms with van der Waals surface area (Å²) in [4.78, 5) is 0. The molecule has 1 aromatic heterocycles. The first kappa shape index (κ1) is 7.65. The fourth-order valence-corrected chi connectivity index (χ4v) is 1.86. The van der Waals surface area contributed by atoms with Crippen molar-refractivity contribution in [1.82, 2.24) is 9.78 Å². The van der Waals surface area contributed by atoms with Crippen molar-refractivity contribution in [1.29, 1.82) is 0 Å². The van der Waals surface area contributed by atoms with E-state index in [2.05, 4.69) is 5.10 Å². The van der Waals surface area contributed by atoms with Gasteiger partial charge in [-0.05, 0) is 19.8 Å². The Morgan fingerprint density at radius 3 is 2.50 bits per heavy atom. The maximum absolute atomic E-state index is 5.93. The summed E-state index contributed by atoms with van der Waals surface area (Å²) >= 11 is 0. The minimum Gasteiger partial charge on any atom is -0.396 e. The number of aromatic nitrogens is 2. The number of nitrogen functional groups attached to an aromatic ring is 1. The van der Waals surface area contributed by atoms with E-state index in [1.807, 2.05) is 18.7 Å². The summed E-state index contributed by atoms with van der Waals surface area (Å²) in [6.07, 6.45) is 3.90. The maximum Gasteiger partial charge on any atom is 0.0825 e. The molecule has 3 nitrogen and oxygen atoms in total. The van der Waals surface area contributed by atoms with Crippen LogP contribution in [0.2, 0.25) is 0 Å². The summed E-state index contributed by atoms with van der Waals surface area (Å²) in [5, 5.41) is 4.31. The van der Waals surface area contributed by atoms with Crippen LogP contribution in [-0.2, 0) is 7.05 Å². The molecule has 0 saturated heterocycles. The topological polar surface area (TPSA) is 43.8 Å². The molecule has 1 heterocycles. The van der Waals surface area contributed by atoms with E-state index >= 15 is 0 Å². The van der Waals surface area contributed by atoms with Crippen LogP contribution in [0.3, 0.4) is 0 Å². The molecule has 1 saturated carbocycles. The second-order valence-electron chi connectivity index (χ2n) is 3.64. The van der Waals surface area contributed by atoms with Crippen LogP contribution in [0.5, 0.6) is 0 Å². The number of anilines is 1. The number of nitrogens with zero attached hydrogens (tertiary/aromatic N) is 2. The van der Waals surface area contributed by atoms with Gasteiger partial charge in [0.15, 0.2) is 0 Å². The Balaban J connectivity index is 2.40. The Kier molecular flexibility index (Phi) is 1.60. The van der Waals surface area contributed by atoms with E-state index < -0.39 is 0 Å². The molecule has 0 aromatic carbocycles. The number of aryl methyl sites for hydroxylation is 2. The molecule has 12 heavy (non-hydrogen) atoms. The largest absolute Gasteiger partial charge is 0.396 e. The van der Waals surface area contributed by atoms with E-state index in [1.54, 1.807) is 0 Å². The number of rotatable bonds is 1. The molecule has 0 unspecified atom stereocenters. The van der Waals surface area contributed by atoms with Crippen molar-refractivity contribution < 1.29 is 0 Å². The van der Waals surface area contributed by atoms with Crippen LogP contribution in [0.15, 0.2) is 0 Å². The van der Waals surface area contributed by atoms with Crippen molar-refractivity contribution in [2.24, 2.45) is 7.05 Å². The van der Waals surface area contributed by atoms with Crippen molar-refractivity contribution in [2.75, 3.05) is 5.73 Å². The molecular formula is C9H15N3. The molecule has 0 radical (unpaired) electrons. The van der Waals surface area contributed by atoms with Crippen LogP contribution < -0.4 is 5.73 Å². The highest BCUT2D eigenvalue weighted by Gasteiger charge is 2.25. The minimum absolute atomic E-state index is 0.677. The van der Waals surface area contributed by atoms with Crippen molar-refractivity contribution in [3.8, 4) is 0 Å². The molecule has 0 atom stereocenters. The van der Waals surface area contributed by atoms with Crippen molar-refractivity contribution in [3.63, 3.8) is 0 Å². The highest BCUT2D eigenvalue weighted by atomic mass is 15.3. The Labute approximate surface area is 72.6 Å². The fraction of sp³-hybridized carbons (Fsp3) is 0.667. The fourth-order valence-electron chi connectivity index (χ4n) is 1.86. The van der Waals surface area contributed by atoms with Crippen LogP contribution in [-0.4, -0.2) is 9.78 Å². The van der Waals surface area contributed by atoms with Crippen molar-refractivity contribution >= 4 is 5.69 Å². The standard InChI is InChI=1S/C9H15N3/c1-6-8(10)9(12(2)11-6)7-4-3-5-7/h7H,3-5,10H2,1-2H3. The maximum atomic E-state index is 5.93. The quantitative estimate of drug-likeness (QED) is 0.686. The van der Waals surface area contributed by atoms with Crippen LogP contribution in [0.25, 0.3) is 0 Å². The van der Waals surface area contributed by atoms with Crippen LogP contribution in [0.1, 0.15) is 36.6 Å². The van der Waals surface area contributed by atoms with Gasteiger partial charge in [0.1, 0.15) is 0 Å². The number of hydrogen-bond acceptors (Lipinski definition) is 2. The zero-order valence-corrected chi connectivity index (χ0v) is 7.67. The van der Waals surface area contributed by atoms with E-state index in [-0.39, 0.29) is 0 Å². The predicted octanol–water partition coefficient (Wildman–Crippen LogP) is 1.58. The molecule has 66 valence electrons. The Bertz CT molecular complexity index is 297. The molecule has 1 aliphatic carbocycles. The van der Waals surface area contributed by atoms with Gasteiger partial charge in [0.05, 0.1) is 17.1 Å². The third kappa shape index (κ3) is 0.924. The first-order valence-electron chi connectivity index (χ1n) is 4.49. The zero-order valence-electron chi connectivity index (χ0n) is 7.67. The summed E-state index contributed by atoms with van der Waals surface area (Å²) in [6, 6.07) is 0. The first-order valence-corrected chi connectivity index (χ1v) is 4.49. The lowest BCUT2D eigenvalue weighted by molar-refractivity contribution is 0.398. The molecule has 1 aromatic rings. The van der Waals surface area contributed by atoms with Crippen LogP contribution in [0, 0.1) is 6.92 Å². The summed E-state index contributed by atoms with van der Waals surface area (Å²) in [5.41, 5.74) is 9.06. The lowest BCUT2D eigenvalue weighted by atomic mass is 9.82. The Morgan fingerprint density at radius 2 is 2.17 bits per heavy atom. The Morgan fingerprint density at radius 1 is 1.50 bits per heavy atom. The molecule has 0 bridgehead atoms. The SMILES string of the molecule is Cc1nn(C)c(C2CCC2)c1N. The molecule has 0 aliphatic heterocycles. The average Bonchev–Trinajstić information content (AvgIpc) is 2.13. The van der Waals surface area contributed by atoms with E-state index in [1.165, 1.54) is 25.0 Å². The summed E-state index contributed by atoms with van der Waals surface area (Å²) in [6.45, 7) is 1.97. The molecule has 1 fully saturated rings. The average molecular weight is 165 g/mol. The van der Waals surface area contributed by atoms with Crippen molar-refractivity contribution in [2.45, 2.75) is 32.1 Å². The molecular weight excluding hydrogens is 150 g/mol. The van der Waals surface area contributed by atoms with E-state index in [4.69, 9.17) is 5.73 Å². The van der Waals surface area contributed by atoms with Gasteiger partial charge in [-0.15, -0.1) is 0 Å². The van der Waals surface area contributed by atoms with Crippen LogP contribution >= 0.6 is 0 Å². The highest BCUT2D eigenvalue weighted by Crippen LogP contribution is 2.39. The van der Waals surface area contributed by atoms with Gasteiger partial charge in [0.25, 0.3) is 0 Å². The number of nitrogens with two attached hydrogens (primary N) is 1. The summed E-state index contributed by atoms with van der Waals surface area (Å²) < 4.78 is 1.94. The van der Waals surface area contributed by atoms with Gasteiger partial charge in [-0.25, -0.2) is 0 Å². The molecule has 0 amide bonds. The van der Waals surface area contributed by atoms with E-state index in [0.29, 0.717) is 5.92 Å². The van der Waals surface area contributed by atoms with E-state index in [9.17, 15) is 0 Å². The van der Waals surface area contributed by atoms with Crippen molar-refractivity contribution in [3.05, 3.63) is 11.4 Å². The second kappa shape index (κ2) is 2.51. The first-order chi connectivity index (χ1) is 5.70. The lowest BCUT2D eigenvalue weighted by Crippen LogP contribution is -2.14. The highest BCUT2D eigenvalue weighted by molar-refractivity contribution is 5.49. The van der Waals surface area contributed by atoms with Gasteiger partial charge in [-0.1, -0.05) is 6.42 Å². The van der Waals surface area contributed by atoms with Gasteiger partial charge in [0, 0.05) is 13.0 Å². The van der Waals surface area contributed by atoms with Gasteiger partial charge < -0.3 is 5.73 Å². The summed E-state index contributed by atoms with van der Waals surface area (Å²) in [7, 11) is 1.98. The van der Waals surface area contributed by atoms with Gasteiger partial charge >= 0.3 is 0 Å². The third-order valence-electron chi connectivity index (χ3n) is 2.81. The normalized spacial score (nSPS) is 17.8. The molecule has 1 aliphatic rings. The monoisotopic (exact) mass is 165 g/mol. The molecule has 2 N–H and O–H groups in total. The number of hydrogen-bond donors (Lipinski definition) is 1. The Hall–Kier alpha value is -0.990. The zero-order chi connectivity index (χ0) is 8.72. The van der Waals surface area contributed by atoms with Gasteiger partial charge in [-0.2, -0.15) is 5.10 Å². The van der Waals surface area contributed by atoms with Gasteiger partial charge in [0.2, 0.25) is 0 Å². The molecule has 3 heteroatoms. The summed E-state index contributed by atoms with van der Waals surface area (Å²) in [5.74, 6) is 0.677. The molecule has 2 rings (SSSR count). The van der Waals surface area contributed by atoms with Gasteiger partial charge in [-0.3, -0.25) is 4.68 Å². The minimum atomic E-state index is 0.677. The predicted molar refractivity (Wildman–Crippen MR) is 48.9 cm³/mol. The molecule has 0 spiro atoms. The smallest absolute Gasteiger partial charge is 0.0825 e. The lowest BCUT2D eigenvalue weighted by Gasteiger charge is -2.25. The second-order valence-corrected chi connectivity index (χ2v) is 3.64. The third-order valence-corrected chi connectivity index (χ3v) is 2.81.